The average Bonchev–Trinajstić information content (AvgIpc) is 2.86. The van der Waals surface area contributed by atoms with Crippen molar-refractivity contribution in [2.24, 2.45) is 0 Å². The van der Waals surface area contributed by atoms with Gasteiger partial charge in [-0.05, 0) is 23.8 Å². The summed E-state index contributed by atoms with van der Waals surface area (Å²) in [6.45, 7) is 0.590. The monoisotopic (exact) mass is 301 g/mol. The minimum Gasteiger partial charge on any atom is -0.380 e. The van der Waals surface area contributed by atoms with E-state index in [1.54, 1.807) is 19.5 Å². The quantitative estimate of drug-likeness (QED) is 0.679. The number of ether oxygens (including phenoxy) is 1. The Morgan fingerprint density at radius 2 is 2.19 bits per heavy atom. The van der Waals surface area contributed by atoms with Crippen LogP contribution in [-0.2, 0) is 17.8 Å². The van der Waals surface area contributed by atoms with Crippen LogP contribution in [0.2, 0.25) is 0 Å². The number of aryl methyl sites for hydroxylation is 1. The highest BCUT2D eigenvalue weighted by Gasteiger charge is 2.12. The van der Waals surface area contributed by atoms with E-state index < -0.39 is 0 Å². The van der Waals surface area contributed by atoms with Gasteiger partial charge in [0.1, 0.15) is 11.3 Å². The van der Waals surface area contributed by atoms with Gasteiger partial charge in [-0.3, -0.25) is 9.55 Å². The van der Waals surface area contributed by atoms with E-state index in [4.69, 9.17) is 16.3 Å². The molecule has 108 valence electrons. The summed E-state index contributed by atoms with van der Waals surface area (Å²) in [5.41, 5.74) is 4.12. The van der Waals surface area contributed by atoms with Crippen LogP contribution in [0.5, 0.6) is 0 Å². The first-order valence-electron chi connectivity index (χ1n) is 6.79. The molecule has 0 saturated carbocycles. The van der Waals surface area contributed by atoms with Gasteiger partial charge in [0.15, 0.2) is 0 Å². The molecule has 0 N–H and O–H groups in total. The standard InChI is InChI=1S/C16H16ClN3O/c1-21-11-12-3-2-4-13(9-12)20-15-6-8-18-10-14(15)19-16(20)5-7-17/h2-4,6,8-10H,5,7,11H2,1H3. The number of methoxy groups -OCH3 is 1. The van der Waals surface area contributed by atoms with Gasteiger partial charge < -0.3 is 4.74 Å². The van der Waals surface area contributed by atoms with Gasteiger partial charge in [0, 0.05) is 31.3 Å². The third-order valence-electron chi connectivity index (χ3n) is 3.32. The van der Waals surface area contributed by atoms with Crippen LogP contribution in [0, 0.1) is 0 Å². The number of aromatic nitrogens is 3. The lowest BCUT2D eigenvalue weighted by molar-refractivity contribution is 0.185. The van der Waals surface area contributed by atoms with Crippen LogP contribution < -0.4 is 0 Å². The molecule has 3 aromatic rings. The Bertz CT molecular complexity index is 754. The molecule has 2 heterocycles. The number of alkyl halides is 1. The van der Waals surface area contributed by atoms with Crippen molar-refractivity contribution in [3.05, 3.63) is 54.1 Å². The third-order valence-corrected chi connectivity index (χ3v) is 3.51. The predicted molar refractivity (Wildman–Crippen MR) is 84.0 cm³/mol. The molecule has 0 amide bonds. The summed E-state index contributed by atoms with van der Waals surface area (Å²) in [7, 11) is 1.70. The molecule has 0 saturated heterocycles. The predicted octanol–water partition coefficient (Wildman–Crippen LogP) is 3.35. The smallest absolute Gasteiger partial charge is 0.115 e. The van der Waals surface area contributed by atoms with E-state index in [1.165, 1.54) is 0 Å². The summed E-state index contributed by atoms with van der Waals surface area (Å²) >= 11 is 5.92. The molecule has 21 heavy (non-hydrogen) atoms. The molecule has 3 rings (SSSR count). The van der Waals surface area contributed by atoms with Gasteiger partial charge in [0.05, 0.1) is 18.3 Å². The largest absolute Gasteiger partial charge is 0.380 e. The first-order valence-corrected chi connectivity index (χ1v) is 7.32. The lowest BCUT2D eigenvalue weighted by atomic mass is 10.2. The summed E-state index contributed by atoms with van der Waals surface area (Å²) in [6, 6.07) is 10.2. The topological polar surface area (TPSA) is 39.9 Å². The molecular weight excluding hydrogens is 286 g/mol. The van der Waals surface area contributed by atoms with Gasteiger partial charge in [0.25, 0.3) is 0 Å². The number of fused-ring (bicyclic) bond motifs is 1. The Hall–Kier alpha value is -1.91. The second-order valence-corrected chi connectivity index (χ2v) is 5.15. The van der Waals surface area contributed by atoms with Gasteiger partial charge in [-0.1, -0.05) is 12.1 Å². The van der Waals surface area contributed by atoms with Crippen molar-refractivity contribution in [1.82, 2.24) is 14.5 Å². The Morgan fingerprint density at radius 1 is 1.29 bits per heavy atom. The van der Waals surface area contributed by atoms with Crippen molar-refractivity contribution in [1.29, 1.82) is 0 Å². The fourth-order valence-electron chi connectivity index (χ4n) is 2.47. The van der Waals surface area contributed by atoms with E-state index in [-0.39, 0.29) is 0 Å². The Labute approximate surface area is 128 Å². The molecule has 2 aromatic heterocycles. The highest BCUT2D eigenvalue weighted by molar-refractivity contribution is 6.17. The van der Waals surface area contributed by atoms with Gasteiger partial charge in [0.2, 0.25) is 0 Å². The summed E-state index contributed by atoms with van der Waals surface area (Å²) in [4.78, 5) is 8.78. The van der Waals surface area contributed by atoms with Crippen LogP contribution in [0.25, 0.3) is 16.7 Å². The lowest BCUT2D eigenvalue weighted by Gasteiger charge is -2.10. The molecule has 0 bridgehead atoms. The Balaban J connectivity index is 2.17. The van der Waals surface area contributed by atoms with E-state index in [0.29, 0.717) is 18.9 Å². The number of nitrogens with zero attached hydrogens (tertiary/aromatic N) is 3. The number of hydrogen-bond donors (Lipinski definition) is 0. The zero-order chi connectivity index (χ0) is 14.7. The maximum Gasteiger partial charge on any atom is 0.115 e. The molecule has 0 radical (unpaired) electrons. The van der Waals surface area contributed by atoms with Crippen molar-refractivity contribution in [3.8, 4) is 5.69 Å². The van der Waals surface area contributed by atoms with Gasteiger partial charge >= 0.3 is 0 Å². The molecule has 0 spiro atoms. The van der Waals surface area contributed by atoms with E-state index >= 15 is 0 Å². The zero-order valence-electron chi connectivity index (χ0n) is 11.8. The molecule has 1 aromatic carbocycles. The first-order chi connectivity index (χ1) is 10.3. The number of halogens is 1. The molecule has 4 nitrogen and oxygen atoms in total. The maximum absolute atomic E-state index is 5.92. The molecule has 0 aliphatic carbocycles. The van der Waals surface area contributed by atoms with E-state index in [1.807, 2.05) is 12.1 Å². The Morgan fingerprint density at radius 3 is 3.00 bits per heavy atom. The average molecular weight is 302 g/mol. The number of pyridine rings is 1. The summed E-state index contributed by atoms with van der Waals surface area (Å²) < 4.78 is 7.35. The lowest BCUT2D eigenvalue weighted by Crippen LogP contribution is -2.03. The van der Waals surface area contributed by atoms with Crippen LogP contribution >= 0.6 is 11.6 Å². The number of rotatable bonds is 5. The van der Waals surface area contributed by atoms with E-state index in [2.05, 4.69) is 32.7 Å². The van der Waals surface area contributed by atoms with E-state index in [0.717, 1.165) is 28.1 Å². The molecule has 0 aliphatic rings. The van der Waals surface area contributed by atoms with Gasteiger partial charge in [-0.2, -0.15) is 0 Å². The van der Waals surface area contributed by atoms with Crippen molar-refractivity contribution in [2.75, 3.05) is 13.0 Å². The second-order valence-electron chi connectivity index (χ2n) is 4.77. The minimum atomic E-state index is 0.536. The van der Waals surface area contributed by atoms with Crippen molar-refractivity contribution < 1.29 is 4.74 Å². The normalized spacial score (nSPS) is 11.1. The maximum atomic E-state index is 5.92. The summed E-state index contributed by atoms with van der Waals surface area (Å²) in [6.07, 6.45) is 4.28. The zero-order valence-corrected chi connectivity index (χ0v) is 12.5. The SMILES string of the molecule is COCc1cccc(-n2c(CCCl)nc3cnccc32)c1. The third kappa shape index (κ3) is 2.77. The molecule has 5 heteroatoms. The van der Waals surface area contributed by atoms with Crippen LogP contribution in [0.1, 0.15) is 11.4 Å². The highest BCUT2D eigenvalue weighted by atomic mass is 35.5. The molecule has 0 unspecified atom stereocenters. The molecular formula is C16H16ClN3O. The first kappa shape index (κ1) is 14.0. The minimum absolute atomic E-state index is 0.536. The van der Waals surface area contributed by atoms with Crippen molar-refractivity contribution in [2.45, 2.75) is 13.0 Å². The summed E-state index contributed by atoms with van der Waals surface area (Å²) in [5, 5.41) is 0. The Kier molecular flexibility index (Phi) is 4.18. The number of hydrogen-bond acceptors (Lipinski definition) is 3. The second kappa shape index (κ2) is 6.24. The van der Waals surface area contributed by atoms with Crippen LogP contribution in [0.3, 0.4) is 0 Å². The van der Waals surface area contributed by atoms with Crippen LogP contribution in [0.4, 0.5) is 0 Å². The molecule has 0 aliphatic heterocycles. The van der Waals surface area contributed by atoms with Crippen LogP contribution in [-0.4, -0.2) is 27.5 Å². The number of benzene rings is 1. The van der Waals surface area contributed by atoms with Gasteiger partial charge in [-0.25, -0.2) is 4.98 Å². The van der Waals surface area contributed by atoms with Gasteiger partial charge in [-0.15, -0.1) is 11.6 Å². The highest BCUT2D eigenvalue weighted by Crippen LogP contribution is 2.22. The van der Waals surface area contributed by atoms with E-state index in [9.17, 15) is 0 Å². The number of imidazole rings is 1. The summed E-state index contributed by atoms with van der Waals surface area (Å²) in [5.74, 6) is 1.48. The fraction of sp³-hybridized carbons (Fsp3) is 0.250. The molecule has 0 atom stereocenters. The van der Waals surface area contributed by atoms with Crippen molar-refractivity contribution >= 4 is 22.6 Å². The van der Waals surface area contributed by atoms with Crippen molar-refractivity contribution in [3.63, 3.8) is 0 Å². The van der Waals surface area contributed by atoms with Crippen LogP contribution in [0.15, 0.2) is 42.7 Å². The fourth-order valence-corrected chi connectivity index (χ4v) is 2.64. The molecule has 0 fully saturated rings.